The van der Waals surface area contributed by atoms with E-state index in [1.54, 1.807) is 0 Å². The molecule has 0 fully saturated rings. The van der Waals surface area contributed by atoms with Crippen LogP contribution in [0.3, 0.4) is 0 Å². The van der Waals surface area contributed by atoms with Crippen LogP contribution in [0.15, 0.2) is 30.6 Å². The SMILES string of the molecule is OCC(F)(F)c1ccc(-c2cnc(Cl)cc2F)nc1. The number of alkyl halides is 2. The van der Waals surface area contributed by atoms with Gasteiger partial charge in [-0.3, -0.25) is 4.98 Å². The molecule has 2 aromatic rings. The molecule has 0 aliphatic carbocycles. The minimum absolute atomic E-state index is 0.00955. The molecule has 7 heteroatoms. The second-order valence-corrected chi connectivity index (χ2v) is 4.17. The number of aliphatic hydroxyl groups is 1. The van der Waals surface area contributed by atoms with Crippen LogP contribution in [0.4, 0.5) is 13.2 Å². The van der Waals surface area contributed by atoms with Gasteiger partial charge in [-0.25, -0.2) is 9.37 Å². The molecule has 0 atom stereocenters. The number of halogens is 4. The van der Waals surface area contributed by atoms with Crippen molar-refractivity contribution in [1.29, 1.82) is 0 Å². The van der Waals surface area contributed by atoms with Crippen LogP contribution in [0.5, 0.6) is 0 Å². The van der Waals surface area contributed by atoms with Crippen LogP contribution in [-0.4, -0.2) is 21.7 Å². The molecule has 1 N–H and O–H groups in total. The highest BCUT2D eigenvalue weighted by Gasteiger charge is 2.30. The van der Waals surface area contributed by atoms with Gasteiger partial charge in [0.25, 0.3) is 5.92 Å². The van der Waals surface area contributed by atoms with Gasteiger partial charge in [-0.1, -0.05) is 11.6 Å². The molecule has 2 aromatic heterocycles. The fourth-order valence-electron chi connectivity index (χ4n) is 1.46. The standard InChI is InChI=1S/C12H8ClF3N2O/c13-11-3-9(14)8(5-18-11)10-2-1-7(4-17-10)12(15,16)6-19/h1-5,19H,6H2. The molecule has 0 aromatic carbocycles. The Balaban J connectivity index is 2.38. The largest absolute Gasteiger partial charge is 0.390 e. The summed E-state index contributed by atoms with van der Waals surface area (Å²) in [6.07, 6.45) is 2.06. The normalized spacial score (nSPS) is 11.6. The smallest absolute Gasteiger partial charge is 0.297 e. The number of aromatic nitrogens is 2. The summed E-state index contributed by atoms with van der Waals surface area (Å²) in [5.74, 6) is -4.02. The molecule has 2 rings (SSSR count). The van der Waals surface area contributed by atoms with Gasteiger partial charge in [0.05, 0.1) is 11.3 Å². The van der Waals surface area contributed by atoms with Gasteiger partial charge in [-0.2, -0.15) is 8.78 Å². The Morgan fingerprint density at radius 1 is 1.21 bits per heavy atom. The minimum atomic E-state index is -3.37. The maximum atomic E-state index is 13.6. The van der Waals surface area contributed by atoms with Gasteiger partial charge in [0.2, 0.25) is 0 Å². The van der Waals surface area contributed by atoms with Crippen LogP contribution >= 0.6 is 11.6 Å². The lowest BCUT2D eigenvalue weighted by Crippen LogP contribution is -2.18. The Hall–Kier alpha value is -1.66. The van der Waals surface area contributed by atoms with E-state index in [9.17, 15) is 13.2 Å². The van der Waals surface area contributed by atoms with E-state index in [0.29, 0.717) is 0 Å². The number of aliphatic hydroxyl groups excluding tert-OH is 1. The number of hydrogen-bond acceptors (Lipinski definition) is 3. The van der Waals surface area contributed by atoms with E-state index in [1.165, 1.54) is 12.3 Å². The van der Waals surface area contributed by atoms with Crippen LogP contribution < -0.4 is 0 Å². The third-order valence-corrected chi connectivity index (χ3v) is 2.69. The van der Waals surface area contributed by atoms with Crippen molar-refractivity contribution in [2.24, 2.45) is 0 Å². The highest BCUT2D eigenvalue weighted by Crippen LogP contribution is 2.28. The zero-order valence-corrected chi connectivity index (χ0v) is 10.2. The summed E-state index contributed by atoms with van der Waals surface area (Å²) in [4.78, 5) is 7.44. The lowest BCUT2D eigenvalue weighted by Gasteiger charge is -2.13. The molecule has 0 unspecified atom stereocenters. The second kappa shape index (κ2) is 5.14. The minimum Gasteiger partial charge on any atom is -0.390 e. The van der Waals surface area contributed by atoms with Crippen molar-refractivity contribution < 1.29 is 18.3 Å². The number of rotatable bonds is 3. The zero-order chi connectivity index (χ0) is 14.0. The molecule has 0 amide bonds. The molecule has 0 aliphatic heterocycles. The average molecular weight is 289 g/mol. The van der Waals surface area contributed by atoms with Gasteiger partial charge in [0.15, 0.2) is 0 Å². The average Bonchev–Trinajstić information content (AvgIpc) is 2.39. The van der Waals surface area contributed by atoms with E-state index in [0.717, 1.165) is 18.3 Å². The summed E-state index contributed by atoms with van der Waals surface area (Å²) in [6, 6.07) is 3.31. The summed E-state index contributed by atoms with van der Waals surface area (Å²) in [5, 5.41) is 8.54. The third-order valence-electron chi connectivity index (χ3n) is 2.48. The first-order chi connectivity index (χ1) is 8.94. The zero-order valence-electron chi connectivity index (χ0n) is 9.45. The van der Waals surface area contributed by atoms with Gasteiger partial charge < -0.3 is 5.11 Å². The highest BCUT2D eigenvalue weighted by molar-refractivity contribution is 6.29. The maximum Gasteiger partial charge on any atom is 0.297 e. The van der Waals surface area contributed by atoms with E-state index >= 15 is 0 Å². The molecular weight excluding hydrogens is 281 g/mol. The monoisotopic (exact) mass is 288 g/mol. The summed E-state index contributed by atoms with van der Waals surface area (Å²) < 4.78 is 39.9. The summed E-state index contributed by atoms with van der Waals surface area (Å²) in [7, 11) is 0. The highest BCUT2D eigenvalue weighted by atomic mass is 35.5. The first kappa shape index (κ1) is 13.8. The number of hydrogen-bond donors (Lipinski definition) is 1. The van der Waals surface area contributed by atoms with Gasteiger partial charge in [-0.15, -0.1) is 0 Å². The molecule has 3 nitrogen and oxygen atoms in total. The van der Waals surface area contributed by atoms with E-state index in [4.69, 9.17) is 16.7 Å². The topological polar surface area (TPSA) is 46.0 Å². The van der Waals surface area contributed by atoms with Gasteiger partial charge in [-0.05, 0) is 12.1 Å². The van der Waals surface area contributed by atoms with E-state index in [2.05, 4.69) is 9.97 Å². The Morgan fingerprint density at radius 2 is 1.95 bits per heavy atom. The van der Waals surface area contributed by atoms with Crippen molar-refractivity contribution in [2.75, 3.05) is 6.61 Å². The molecule has 19 heavy (non-hydrogen) atoms. The molecule has 2 heterocycles. The molecule has 0 spiro atoms. The molecule has 0 radical (unpaired) electrons. The van der Waals surface area contributed by atoms with Crippen LogP contribution in [0.2, 0.25) is 5.15 Å². The molecule has 0 aliphatic rings. The molecule has 0 saturated carbocycles. The summed E-state index contributed by atoms with van der Waals surface area (Å²) in [5.41, 5.74) is -0.233. The predicted octanol–water partition coefficient (Wildman–Crippen LogP) is 3.02. The van der Waals surface area contributed by atoms with Crippen molar-refractivity contribution in [3.8, 4) is 11.3 Å². The van der Waals surface area contributed by atoms with Crippen molar-refractivity contribution >= 4 is 11.6 Å². The fraction of sp³-hybridized carbons (Fsp3) is 0.167. The van der Waals surface area contributed by atoms with Crippen molar-refractivity contribution in [3.63, 3.8) is 0 Å². The second-order valence-electron chi connectivity index (χ2n) is 3.78. The maximum absolute atomic E-state index is 13.6. The van der Waals surface area contributed by atoms with Crippen LogP contribution in [0, 0.1) is 5.82 Å². The van der Waals surface area contributed by atoms with Gasteiger partial charge in [0, 0.05) is 24.0 Å². The Bertz CT molecular complexity index is 590. The van der Waals surface area contributed by atoms with Crippen molar-refractivity contribution in [3.05, 3.63) is 47.1 Å². The summed E-state index contributed by atoms with van der Waals surface area (Å²) in [6.45, 7) is -1.31. The van der Waals surface area contributed by atoms with Crippen molar-refractivity contribution in [1.82, 2.24) is 9.97 Å². The third kappa shape index (κ3) is 2.85. The lowest BCUT2D eigenvalue weighted by atomic mass is 10.1. The predicted molar refractivity (Wildman–Crippen MR) is 63.4 cm³/mol. The van der Waals surface area contributed by atoms with Gasteiger partial charge in [0.1, 0.15) is 17.6 Å². The van der Waals surface area contributed by atoms with Crippen LogP contribution in [-0.2, 0) is 5.92 Å². The van der Waals surface area contributed by atoms with E-state index in [1.807, 2.05) is 0 Å². The van der Waals surface area contributed by atoms with E-state index in [-0.39, 0.29) is 16.4 Å². The summed E-state index contributed by atoms with van der Waals surface area (Å²) >= 11 is 5.51. The van der Waals surface area contributed by atoms with Crippen LogP contribution in [0.25, 0.3) is 11.3 Å². The quantitative estimate of drug-likeness (QED) is 0.883. The van der Waals surface area contributed by atoms with Gasteiger partial charge >= 0.3 is 0 Å². The Labute approximate surface area is 111 Å². The lowest BCUT2D eigenvalue weighted by molar-refractivity contribution is -0.0558. The van der Waals surface area contributed by atoms with Crippen molar-refractivity contribution in [2.45, 2.75) is 5.92 Å². The number of pyridine rings is 2. The molecular formula is C12H8ClF3N2O. The fourth-order valence-corrected chi connectivity index (χ4v) is 1.60. The molecule has 0 bridgehead atoms. The first-order valence-corrected chi connectivity index (χ1v) is 5.58. The van der Waals surface area contributed by atoms with E-state index < -0.39 is 23.9 Å². The van der Waals surface area contributed by atoms with Crippen LogP contribution in [0.1, 0.15) is 5.56 Å². The first-order valence-electron chi connectivity index (χ1n) is 5.20. The molecule has 100 valence electrons. The number of nitrogens with zero attached hydrogens (tertiary/aromatic N) is 2. The Morgan fingerprint density at radius 3 is 2.47 bits per heavy atom. The molecule has 0 saturated heterocycles. The Kier molecular flexibility index (Phi) is 3.73.